The van der Waals surface area contributed by atoms with E-state index < -0.39 is 0 Å². The minimum Gasteiger partial charge on any atom is -0.396 e. The second-order valence-corrected chi connectivity index (χ2v) is 6.84. The van der Waals surface area contributed by atoms with Crippen molar-refractivity contribution in [2.24, 2.45) is 5.92 Å². The Labute approximate surface area is 141 Å². The number of para-hydroxylation sites is 1. The molecule has 2 aromatic rings. The molecule has 1 fully saturated rings. The molecule has 1 saturated heterocycles. The lowest BCUT2D eigenvalue weighted by atomic mass is 9.99. The number of aromatic nitrogens is 2. The van der Waals surface area contributed by atoms with E-state index in [1.54, 1.807) is 0 Å². The SMILES string of the molecule is O=C(c1nn(-c2ccccc2)c2c1CCCCC2)N1CC(CO)C1. The Morgan fingerprint density at radius 1 is 1.12 bits per heavy atom. The number of hydrogen-bond donors (Lipinski definition) is 1. The smallest absolute Gasteiger partial charge is 0.274 e. The zero-order valence-electron chi connectivity index (χ0n) is 13.8. The number of nitrogens with zero attached hydrogens (tertiary/aromatic N) is 3. The van der Waals surface area contributed by atoms with Crippen LogP contribution in [0.5, 0.6) is 0 Å². The summed E-state index contributed by atoms with van der Waals surface area (Å²) >= 11 is 0. The predicted octanol–water partition coefficient (Wildman–Crippen LogP) is 2.21. The van der Waals surface area contributed by atoms with Gasteiger partial charge in [0.1, 0.15) is 0 Å². The summed E-state index contributed by atoms with van der Waals surface area (Å²) in [4.78, 5) is 14.7. The third-order valence-corrected chi connectivity index (χ3v) is 5.14. The Morgan fingerprint density at radius 2 is 1.88 bits per heavy atom. The highest BCUT2D eigenvalue weighted by molar-refractivity contribution is 5.94. The van der Waals surface area contributed by atoms with Gasteiger partial charge in [0, 0.05) is 36.9 Å². The van der Waals surface area contributed by atoms with Gasteiger partial charge >= 0.3 is 0 Å². The third kappa shape index (κ3) is 2.63. The van der Waals surface area contributed by atoms with Crippen molar-refractivity contribution in [1.82, 2.24) is 14.7 Å². The molecule has 0 atom stereocenters. The second kappa shape index (κ2) is 6.40. The van der Waals surface area contributed by atoms with Gasteiger partial charge in [-0.15, -0.1) is 0 Å². The molecule has 2 aliphatic rings. The quantitative estimate of drug-likeness (QED) is 0.880. The standard InChI is InChI=1S/C19H23N3O2/c23-13-14-11-21(12-14)19(24)18-16-9-5-2-6-10-17(16)22(20-18)15-7-3-1-4-8-15/h1,3-4,7-8,14,23H,2,5-6,9-13H2. The Bertz CT molecular complexity index is 733. The zero-order valence-corrected chi connectivity index (χ0v) is 13.8. The van der Waals surface area contributed by atoms with Crippen molar-refractivity contribution in [2.45, 2.75) is 32.1 Å². The topological polar surface area (TPSA) is 58.4 Å². The van der Waals surface area contributed by atoms with E-state index in [-0.39, 0.29) is 18.4 Å². The summed E-state index contributed by atoms with van der Waals surface area (Å²) < 4.78 is 1.97. The Morgan fingerprint density at radius 3 is 2.62 bits per heavy atom. The van der Waals surface area contributed by atoms with Crippen molar-refractivity contribution < 1.29 is 9.90 Å². The summed E-state index contributed by atoms with van der Waals surface area (Å²) in [5.41, 5.74) is 3.97. The molecule has 126 valence electrons. The number of aliphatic hydroxyl groups excluding tert-OH is 1. The summed E-state index contributed by atoms with van der Waals surface area (Å²) in [5.74, 6) is 0.247. The van der Waals surface area contributed by atoms with Gasteiger partial charge in [-0.3, -0.25) is 4.79 Å². The van der Waals surface area contributed by atoms with Crippen LogP contribution in [0.4, 0.5) is 0 Å². The van der Waals surface area contributed by atoms with E-state index in [9.17, 15) is 9.90 Å². The molecular weight excluding hydrogens is 302 g/mol. The van der Waals surface area contributed by atoms with Crippen LogP contribution in [0.1, 0.15) is 41.0 Å². The van der Waals surface area contributed by atoms with Gasteiger partial charge in [0.25, 0.3) is 5.91 Å². The van der Waals surface area contributed by atoms with Crippen LogP contribution in [0.15, 0.2) is 30.3 Å². The summed E-state index contributed by atoms with van der Waals surface area (Å²) in [6.07, 6.45) is 5.38. The molecule has 1 N–H and O–H groups in total. The minimum atomic E-state index is 0.0209. The van der Waals surface area contributed by atoms with E-state index >= 15 is 0 Å². The van der Waals surface area contributed by atoms with Gasteiger partial charge < -0.3 is 10.0 Å². The number of hydrogen-bond acceptors (Lipinski definition) is 3. The Hall–Kier alpha value is -2.14. The van der Waals surface area contributed by atoms with Gasteiger partial charge in [0.05, 0.1) is 5.69 Å². The van der Waals surface area contributed by atoms with Gasteiger partial charge in [-0.2, -0.15) is 5.10 Å². The highest BCUT2D eigenvalue weighted by atomic mass is 16.3. The number of carbonyl (C=O) groups excluding carboxylic acids is 1. The van der Waals surface area contributed by atoms with E-state index in [1.807, 2.05) is 39.9 Å². The summed E-state index contributed by atoms with van der Waals surface area (Å²) in [5, 5.41) is 13.9. The largest absolute Gasteiger partial charge is 0.396 e. The molecule has 1 amide bonds. The van der Waals surface area contributed by atoms with Gasteiger partial charge in [-0.1, -0.05) is 24.6 Å². The first kappa shape index (κ1) is 15.4. The molecule has 4 rings (SSSR count). The normalized spacial score (nSPS) is 18.0. The maximum absolute atomic E-state index is 12.9. The van der Waals surface area contributed by atoms with Crippen molar-refractivity contribution in [3.05, 3.63) is 47.3 Å². The minimum absolute atomic E-state index is 0.0209. The van der Waals surface area contributed by atoms with Crippen LogP contribution in [0.3, 0.4) is 0 Å². The first-order valence-electron chi connectivity index (χ1n) is 8.84. The number of likely N-dealkylation sites (tertiary alicyclic amines) is 1. The van der Waals surface area contributed by atoms with E-state index in [4.69, 9.17) is 5.10 Å². The molecule has 0 bridgehead atoms. The Balaban J connectivity index is 1.72. The molecule has 0 saturated carbocycles. The average molecular weight is 325 g/mol. The number of fused-ring (bicyclic) bond motifs is 1. The molecular formula is C19H23N3O2. The maximum Gasteiger partial charge on any atom is 0.274 e. The van der Waals surface area contributed by atoms with Crippen LogP contribution in [0.2, 0.25) is 0 Å². The van der Waals surface area contributed by atoms with Crippen molar-refractivity contribution in [1.29, 1.82) is 0 Å². The van der Waals surface area contributed by atoms with Crippen LogP contribution >= 0.6 is 0 Å². The van der Waals surface area contributed by atoms with Crippen molar-refractivity contribution in [3.63, 3.8) is 0 Å². The van der Waals surface area contributed by atoms with Gasteiger partial charge in [-0.05, 0) is 37.8 Å². The second-order valence-electron chi connectivity index (χ2n) is 6.84. The van der Waals surface area contributed by atoms with Crippen LogP contribution in [-0.4, -0.2) is 45.4 Å². The first-order valence-corrected chi connectivity index (χ1v) is 8.84. The highest BCUT2D eigenvalue weighted by Crippen LogP contribution is 2.28. The van der Waals surface area contributed by atoms with E-state index in [0.717, 1.165) is 36.9 Å². The number of carbonyl (C=O) groups is 1. The number of aliphatic hydroxyl groups is 1. The third-order valence-electron chi connectivity index (χ3n) is 5.14. The van der Waals surface area contributed by atoms with Crippen molar-refractivity contribution in [3.8, 4) is 5.69 Å². The molecule has 0 radical (unpaired) electrons. The number of amides is 1. The Kier molecular flexibility index (Phi) is 4.10. The van der Waals surface area contributed by atoms with Gasteiger partial charge in [0.2, 0.25) is 0 Å². The zero-order chi connectivity index (χ0) is 16.5. The van der Waals surface area contributed by atoms with E-state index in [0.29, 0.717) is 18.8 Å². The molecule has 1 aliphatic carbocycles. The molecule has 5 nitrogen and oxygen atoms in total. The van der Waals surface area contributed by atoms with Gasteiger partial charge in [-0.25, -0.2) is 4.68 Å². The van der Waals surface area contributed by atoms with E-state index in [2.05, 4.69) is 0 Å². The summed E-state index contributed by atoms with van der Waals surface area (Å²) in [6.45, 7) is 1.44. The lowest BCUT2D eigenvalue weighted by Crippen LogP contribution is -2.51. The fraction of sp³-hybridized carbons (Fsp3) is 0.474. The monoisotopic (exact) mass is 325 g/mol. The highest BCUT2D eigenvalue weighted by Gasteiger charge is 2.34. The van der Waals surface area contributed by atoms with Gasteiger partial charge in [0.15, 0.2) is 5.69 Å². The molecule has 1 aromatic heterocycles. The average Bonchev–Trinajstić information content (AvgIpc) is 2.76. The van der Waals surface area contributed by atoms with Crippen molar-refractivity contribution >= 4 is 5.91 Å². The van der Waals surface area contributed by atoms with Crippen molar-refractivity contribution in [2.75, 3.05) is 19.7 Å². The molecule has 5 heteroatoms. The maximum atomic E-state index is 12.9. The summed E-state index contributed by atoms with van der Waals surface area (Å²) in [6, 6.07) is 10.1. The van der Waals surface area contributed by atoms with Crippen LogP contribution < -0.4 is 0 Å². The van der Waals surface area contributed by atoms with Crippen LogP contribution in [-0.2, 0) is 12.8 Å². The summed E-state index contributed by atoms with van der Waals surface area (Å²) in [7, 11) is 0. The molecule has 0 spiro atoms. The molecule has 1 aliphatic heterocycles. The molecule has 2 heterocycles. The van der Waals surface area contributed by atoms with Crippen LogP contribution in [0, 0.1) is 5.92 Å². The predicted molar refractivity (Wildman–Crippen MR) is 91.3 cm³/mol. The fourth-order valence-corrected chi connectivity index (χ4v) is 3.73. The molecule has 0 unspecified atom stereocenters. The first-order chi connectivity index (χ1) is 11.8. The lowest BCUT2D eigenvalue weighted by molar-refractivity contribution is 0.0355. The number of rotatable bonds is 3. The lowest BCUT2D eigenvalue weighted by Gasteiger charge is -2.37. The fourth-order valence-electron chi connectivity index (χ4n) is 3.73. The van der Waals surface area contributed by atoms with Crippen LogP contribution in [0.25, 0.3) is 5.69 Å². The van der Waals surface area contributed by atoms with E-state index in [1.165, 1.54) is 12.1 Å². The molecule has 24 heavy (non-hydrogen) atoms. The molecule has 1 aromatic carbocycles. The number of benzene rings is 1.